The van der Waals surface area contributed by atoms with Crippen LogP contribution in [0.15, 0.2) is 24.3 Å². The summed E-state index contributed by atoms with van der Waals surface area (Å²) in [7, 11) is -0.629. The average molecular weight is 408 g/mol. The second-order valence-corrected chi connectivity index (χ2v) is 9.12. The first-order valence-corrected chi connectivity index (χ1v) is 10.5. The van der Waals surface area contributed by atoms with Crippen molar-refractivity contribution < 1.29 is 22.8 Å². The van der Waals surface area contributed by atoms with Crippen LogP contribution in [0.2, 0.25) is 0 Å². The molecule has 0 spiro atoms. The summed E-state index contributed by atoms with van der Waals surface area (Å²) in [5, 5.41) is 0. The average Bonchev–Trinajstić information content (AvgIpc) is 2.92. The summed E-state index contributed by atoms with van der Waals surface area (Å²) in [5.41, 5.74) is 0.618. The molecule has 3 rings (SSSR count). The minimum absolute atomic E-state index is 0.258. The van der Waals surface area contributed by atoms with Crippen molar-refractivity contribution in [3.05, 3.63) is 35.4 Å². The Morgan fingerprint density at radius 2 is 1.61 bits per heavy atom. The van der Waals surface area contributed by atoms with Gasteiger partial charge in [-0.05, 0) is 31.9 Å². The third kappa shape index (κ3) is 3.67. The summed E-state index contributed by atoms with van der Waals surface area (Å²) in [5.74, 6) is -1.24. The zero-order valence-corrected chi connectivity index (χ0v) is 16.9. The fraction of sp³-hybridized carbons (Fsp3) is 0.500. The van der Waals surface area contributed by atoms with Gasteiger partial charge in [0.2, 0.25) is 5.91 Å². The Labute approximate surface area is 164 Å². The van der Waals surface area contributed by atoms with Gasteiger partial charge in [-0.25, -0.2) is 0 Å². The van der Waals surface area contributed by atoms with E-state index in [1.807, 2.05) is 0 Å². The number of nitrogens with one attached hydrogen (secondary N) is 1. The number of carbonyl (C=O) groups is 3. The number of carbonyl (C=O) groups excluding carboxylic acids is 3. The summed E-state index contributed by atoms with van der Waals surface area (Å²) >= 11 is 0. The number of hydrogen-bond donors (Lipinski definition) is 1. The molecular formula is C18H24N4O5S. The van der Waals surface area contributed by atoms with Crippen LogP contribution in [0.1, 0.15) is 40.5 Å². The van der Waals surface area contributed by atoms with Gasteiger partial charge in [0.1, 0.15) is 6.04 Å². The molecule has 1 unspecified atom stereocenters. The lowest BCUT2D eigenvalue weighted by Crippen LogP contribution is -2.54. The normalized spacial score (nSPS) is 19.3. The first-order chi connectivity index (χ1) is 13.1. The predicted molar refractivity (Wildman–Crippen MR) is 102 cm³/mol. The standard InChI is InChI=1S/C18H24N4O5S/c1-12(22-17(24)14-6-4-5-7-15(14)18(22)25)16(23)21-10-8-13(9-11-21)19-28(26,27)20(2)3/h4-7,12-13,19H,8-11H2,1-3H3. The van der Waals surface area contributed by atoms with Crippen molar-refractivity contribution >= 4 is 27.9 Å². The molecule has 1 N–H and O–H groups in total. The quantitative estimate of drug-likeness (QED) is 0.693. The summed E-state index contributed by atoms with van der Waals surface area (Å²) < 4.78 is 27.6. The largest absolute Gasteiger partial charge is 0.341 e. The monoisotopic (exact) mass is 408 g/mol. The van der Waals surface area contributed by atoms with Crippen LogP contribution >= 0.6 is 0 Å². The van der Waals surface area contributed by atoms with Crippen LogP contribution in [0.3, 0.4) is 0 Å². The lowest BCUT2D eigenvalue weighted by molar-refractivity contribution is -0.136. The highest BCUT2D eigenvalue weighted by Gasteiger charge is 2.42. The van der Waals surface area contributed by atoms with Gasteiger partial charge in [-0.2, -0.15) is 17.4 Å². The smallest absolute Gasteiger partial charge is 0.279 e. The lowest BCUT2D eigenvalue weighted by Gasteiger charge is -2.35. The van der Waals surface area contributed by atoms with E-state index < -0.39 is 28.1 Å². The van der Waals surface area contributed by atoms with E-state index in [2.05, 4.69) is 4.72 Å². The third-order valence-corrected chi connectivity index (χ3v) is 6.77. The Kier molecular flexibility index (Phi) is 5.55. The van der Waals surface area contributed by atoms with Gasteiger partial charge in [-0.15, -0.1) is 0 Å². The van der Waals surface area contributed by atoms with Crippen LogP contribution in [-0.2, 0) is 15.0 Å². The minimum Gasteiger partial charge on any atom is -0.341 e. The third-order valence-electron chi connectivity index (χ3n) is 5.17. The van der Waals surface area contributed by atoms with Gasteiger partial charge in [0.25, 0.3) is 22.0 Å². The Morgan fingerprint density at radius 3 is 2.07 bits per heavy atom. The zero-order chi connectivity index (χ0) is 20.6. The van der Waals surface area contributed by atoms with Gasteiger partial charge < -0.3 is 4.90 Å². The lowest BCUT2D eigenvalue weighted by atomic mass is 10.1. The number of imide groups is 1. The number of amides is 3. The molecule has 28 heavy (non-hydrogen) atoms. The maximum absolute atomic E-state index is 12.9. The first-order valence-electron chi connectivity index (χ1n) is 9.09. The minimum atomic E-state index is -3.53. The Morgan fingerprint density at radius 1 is 1.11 bits per heavy atom. The Balaban J connectivity index is 1.63. The van der Waals surface area contributed by atoms with Crippen molar-refractivity contribution in [3.8, 4) is 0 Å². The predicted octanol–water partition coefficient (Wildman–Crippen LogP) is 0.0581. The molecule has 0 aliphatic carbocycles. The van der Waals surface area contributed by atoms with Gasteiger partial charge in [-0.3, -0.25) is 19.3 Å². The van der Waals surface area contributed by atoms with Crippen molar-refractivity contribution in [3.63, 3.8) is 0 Å². The molecule has 0 radical (unpaired) electrons. The van der Waals surface area contributed by atoms with Crippen LogP contribution in [-0.4, -0.2) is 79.5 Å². The van der Waals surface area contributed by atoms with Crippen molar-refractivity contribution in [1.29, 1.82) is 0 Å². The molecule has 0 saturated carbocycles. The fourth-order valence-corrected chi connectivity index (χ4v) is 4.34. The number of nitrogens with zero attached hydrogens (tertiary/aromatic N) is 3. The van der Waals surface area contributed by atoms with Gasteiger partial charge in [-0.1, -0.05) is 12.1 Å². The molecule has 1 atom stereocenters. The van der Waals surface area contributed by atoms with E-state index in [0.29, 0.717) is 37.1 Å². The highest BCUT2D eigenvalue weighted by atomic mass is 32.2. The summed E-state index contributed by atoms with van der Waals surface area (Å²) in [6, 6.07) is 5.34. The second kappa shape index (κ2) is 7.61. The molecule has 0 aromatic heterocycles. The Bertz CT molecular complexity index is 871. The van der Waals surface area contributed by atoms with E-state index in [4.69, 9.17) is 0 Å². The zero-order valence-electron chi connectivity index (χ0n) is 16.1. The van der Waals surface area contributed by atoms with E-state index in [0.717, 1.165) is 9.21 Å². The van der Waals surface area contributed by atoms with Crippen LogP contribution in [0.5, 0.6) is 0 Å². The number of likely N-dealkylation sites (tertiary alicyclic amines) is 1. The maximum Gasteiger partial charge on any atom is 0.279 e. The number of rotatable bonds is 5. The van der Waals surface area contributed by atoms with Gasteiger partial charge >= 0.3 is 0 Å². The topological polar surface area (TPSA) is 107 Å². The maximum atomic E-state index is 12.9. The van der Waals surface area contributed by atoms with Crippen LogP contribution in [0.4, 0.5) is 0 Å². The van der Waals surface area contributed by atoms with Crippen molar-refractivity contribution in [2.24, 2.45) is 0 Å². The number of fused-ring (bicyclic) bond motifs is 1. The van der Waals surface area contributed by atoms with E-state index >= 15 is 0 Å². The van der Waals surface area contributed by atoms with Gasteiger partial charge in [0, 0.05) is 33.2 Å². The SMILES string of the molecule is CC(C(=O)N1CCC(NS(=O)(=O)N(C)C)CC1)N1C(=O)c2ccccc2C1=O. The van der Waals surface area contributed by atoms with Crippen LogP contribution < -0.4 is 4.72 Å². The molecule has 1 aromatic carbocycles. The molecule has 1 aromatic rings. The molecule has 1 saturated heterocycles. The number of benzene rings is 1. The van der Waals surface area contributed by atoms with Crippen molar-refractivity contribution in [1.82, 2.24) is 18.8 Å². The molecule has 10 heteroatoms. The van der Waals surface area contributed by atoms with Crippen LogP contribution in [0, 0.1) is 0 Å². The molecule has 3 amide bonds. The molecule has 1 fully saturated rings. The van der Waals surface area contributed by atoms with E-state index in [1.165, 1.54) is 14.1 Å². The van der Waals surface area contributed by atoms with Gasteiger partial charge in [0.15, 0.2) is 0 Å². The van der Waals surface area contributed by atoms with Crippen LogP contribution in [0.25, 0.3) is 0 Å². The van der Waals surface area contributed by atoms with E-state index in [9.17, 15) is 22.8 Å². The molecule has 2 aliphatic heterocycles. The summed E-state index contributed by atoms with van der Waals surface area (Å²) in [4.78, 5) is 40.6. The molecule has 2 heterocycles. The molecular weight excluding hydrogens is 384 g/mol. The second-order valence-electron chi connectivity index (χ2n) is 7.21. The highest BCUT2D eigenvalue weighted by molar-refractivity contribution is 7.87. The molecule has 9 nitrogen and oxygen atoms in total. The van der Waals surface area contributed by atoms with Crippen molar-refractivity contribution in [2.45, 2.75) is 31.8 Å². The molecule has 152 valence electrons. The van der Waals surface area contributed by atoms with E-state index in [1.54, 1.807) is 36.1 Å². The van der Waals surface area contributed by atoms with Gasteiger partial charge in [0.05, 0.1) is 11.1 Å². The van der Waals surface area contributed by atoms with Crippen molar-refractivity contribution in [2.75, 3.05) is 27.2 Å². The summed E-state index contributed by atoms with van der Waals surface area (Å²) in [6.45, 7) is 2.25. The first kappa shape index (κ1) is 20.4. The Hall–Kier alpha value is -2.30. The highest BCUT2D eigenvalue weighted by Crippen LogP contribution is 2.25. The fourth-order valence-electron chi connectivity index (χ4n) is 3.47. The number of hydrogen-bond acceptors (Lipinski definition) is 5. The number of piperidine rings is 1. The molecule has 0 bridgehead atoms. The molecule has 2 aliphatic rings. The van der Waals surface area contributed by atoms with E-state index in [-0.39, 0.29) is 11.9 Å². The summed E-state index contributed by atoms with van der Waals surface area (Å²) in [6.07, 6.45) is 0.932.